The number of ether oxygens (including phenoxy) is 1. The smallest absolute Gasteiger partial charge is 0.381 e. The Morgan fingerprint density at radius 1 is 1.18 bits per heavy atom. The zero-order chi connectivity index (χ0) is 29.1. The van der Waals surface area contributed by atoms with Crippen LogP contribution in [0.15, 0.2) is 44.7 Å². The van der Waals surface area contributed by atoms with Crippen molar-refractivity contribution >= 4 is 40.5 Å². The zero-order valence-electron chi connectivity index (χ0n) is 21.9. The number of nitrogens with zero attached hydrogens (tertiary/aromatic N) is 3. The van der Waals surface area contributed by atoms with E-state index in [-0.39, 0.29) is 22.8 Å². The summed E-state index contributed by atoms with van der Waals surface area (Å²) < 4.78 is 77.4. The Hall–Kier alpha value is -2.58. The predicted molar refractivity (Wildman–Crippen MR) is 146 cm³/mol. The first-order valence-electron chi connectivity index (χ1n) is 12.2. The van der Waals surface area contributed by atoms with Crippen LogP contribution in [0.25, 0.3) is 10.8 Å². The molecule has 0 amide bonds. The van der Waals surface area contributed by atoms with Crippen LogP contribution in [0.2, 0.25) is 25.7 Å². The van der Waals surface area contributed by atoms with Crippen molar-refractivity contribution in [2.75, 3.05) is 11.9 Å². The molecule has 0 aliphatic carbocycles. The van der Waals surface area contributed by atoms with E-state index in [1.807, 2.05) is 0 Å². The second kappa shape index (κ2) is 12.3. The second-order valence-corrected chi connectivity index (χ2v) is 17.1. The molecule has 1 N–H and O–H groups in total. The van der Waals surface area contributed by atoms with Crippen molar-refractivity contribution < 1.29 is 26.7 Å². The summed E-state index contributed by atoms with van der Waals surface area (Å²) >= 11 is 3.05. The highest BCUT2D eigenvalue weighted by Gasteiger charge is 2.38. The standard InChI is InChI=1S/C25H30BrF5N4O3Si/c1-15(9-17(27)13-34-6-5-16-10-19(26)20(28)11-18(16)23(34)36)33-21-12-32-35(14-38-7-8-39(2,3)4)24(37)22(21)25(29,30)31/h5-6,10-12,15,17,33H,7-9,13-14H2,1-4H3/t15-,17+/m0/s1. The lowest BCUT2D eigenvalue weighted by molar-refractivity contribution is -0.138. The lowest BCUT2D eigenvalue weighted by Gasteiger charge is -2.21. The highest BCUT2D eigenvalue weighted by Crippen LogP contribution is 2.32. The molecule has 0 spiro atoms. The zero-order valence-corrected chi connectivity index (χ0v) is 24.5. The van der Waals surface area contributed by atoms with Crippen molar-refractivity contribution in [1.29, 1.82) is 0 Å². The van der Waals surface area contributed by atoms with Gasteiger partial charge in [-0.25, -0.2) is 13.5 Å². The van der Waals surface area contributed by atoms with Gasteiger partial charge in [-0.05, 0) is 52.5 Å². The van der Waals surface area contributed by atoms with Gasteiger partial charge in [-0.1, -0.05) is 19.6 Å². The molecule has 14 heteroatoms. The summed E-state index contributed by atoms with van der Waals surface area (Å²) in [6.07, 6.45) is -4.66. The number of anilines is 1. The van der Waals surface area contributed by atoms with Crippen molar-refractivity contribution in [2.24, 2.45) is 0 Å². The molecule has 0 aliphatic heterocycles. The summed E-state index contributed by atoms with van der Waals surface area (Å²) in [5, 5.41) is 6.87. The first kappa shape index (κ1) is 31.0. The molecule has 0 saturated carbocycles. The lowest BCUT2D eigenvalue weighted by atomic mass is 10.1. The van der Waals surface area contributed by atoms with Gasteiger partial charge in [0, 0.05) is 33.3 Å². The minimum absolute atomic E-state index is 0.0718. The molecule has 3 aromatic rings. The van der Waals surface area contributed by atoms with Crippen LogP contribution in [0.5, 0.6) is 0 Å². The van der Waals surface area contributed by atoms with E-state index in [4.69, 9.17) is 4.74 Å². The van der Waals surface area contributed by atoms with Gasteiger partial charge in [-0.2, -0.15) is 18.3 Å². The summed E-state index contributed by atoms with van der Waals surface area (Å²) in [5.74, 6) is -0.638. The van der Waals surface area contributed by atoms with Gasteiger partial charge in [-0.15, -0.1) is 0 Å². The van der Waals surface area contributed by atoms with Gasteiger partial charge in [0.15, 0.2) is 0 Å². The number of alkyl halides is 4. The van der Waals surface area contributed by atoms with E-state index in [9.17, 15) is 31.5 Å². The van der Waals surface area contributed by atoms with Crippen molar-refractivity contribution in [3.63, 3.8) is 0 Å². The van der Waals surface area contributed by atoms with Crippen LogP contribution in [0.4, 0.5) is 27.6 Å². The molecule has 0 unspecified atom stereocenters. The summed E-state index contributed by atoms with van der Waals surface area (Å²) in [7, 11) is -1.42. The molecule has 0 saturated heterocycles. The monoisotopic (exact) mass is 636 g/mol. The summed E-state index contributed by atoms with van der Waals surface area (Å²) in [5.41, 5.74) is -3.99. The van der Waals surface area contributed by atoms with Gasteiger partial charge in [-0.3, -0.25) is 9.59 Å². The van der Waals surface area contributed by atoms with Crippen LogP contribution < -0.4 is 16.4 Å². The van der Waals surface area contributed by atoms with Crippen LogP contribution in [-0.4, -0.2) is 41.2 Å². The van der Waals surface area contributed by atoms with E-state index < -0.39 is 61.4 Å². The molecule has 0 aliphatic rings. The van der Waals surface area contributed by atoms with Gasteiger partial charge >= 0.3 is 6.18 Å². The molecule has 2 atom stereocenters. The third-order valence-electron chi connectivity index (χ3n) is 5.96. The second-order valence-electron chi connectivity index (χ2n) is 10.6. The molecule has 214 valence electrons. The van der Waals surface area contributed by atoms with Crippen LogP contribution in [0.1, 0.15) is 18.9 Å². The van der Waals surface area contributed by atoms with Crippen LogP contribution in [0.3, 0.4) is 0 Å². The van der Waals surface area contributed by atoms with E-state index in [0.717, 1.165) is 22.9 Å². The molecule has 7 nitrogen and oxygen atoms in total. The van der Waals surface area contributed by atoms with Crippen molar-refractivity contribution in [3.05, 3.63) is 67.2 Å². The molecule has 0 fully saturated rings. The number of hydrogen-bond acceptors (Lipinski definition) is 5. The van der Waals surface area contributed by atoms with Gasteiger partial charge < -0.3 is 14.6 Å². The molecule has 39 heavy (non-hydrogen) atoms. The SMILES string of the molecule is C[C@@H](C[C@@H](F)Cn1ccc2cc(Br)c(F)cc2c1=O)Nc1cnn(COCC[Si](C)(C)C)c(=O)c1C(F)(F)F. The van der Waals surface area contributed by atoms with Crippen molar-refractivity contribution in [1.82, 2.24) is 14.3 Å². The fraction of sp³-hybridized carbons (Fsp3) is 0.480. The summed E-state index contributed by atoms with van der Waals surface area (Å²) in [4.78, 5) is 25.3. The number of fused-ring (bicyclic) bond motifs is 1. The molecular weight excluding hydrogens is 607 g/mol. The number of pyridine rings is 1. The highest BCUT2D eigenvalue weighted by molar-refractivity contribution is 9.10. The number of rotatable bonds is 11. The Kier molecular flexibility index (Phi) is 9.76. The predicted octanol–water partition coefficient (Wildman–Crippen LogP) is 6.02. The Morgan fingerprint density at radius 2 is 1.87 bits per heavy atom. The van der Waals surface area contributed by atoms with Crippen molar-refractivity contribution in [3.8, 4) is 0 Å². The van der Waals surface area contributed by atoms with E-state index >= 15 is 0 Å². The van der Waals surface area contributed by atoms with E-state index in [2.05, 4.69) is 46.0 Å². The quantitative estimate of drug-likeness (QED) is 0.158. The van der Waals surface area contributed by atoms with Gasteiger partial charge in [0.2, 0.25) is 0 Å². The molecular formula is C25H30BrF5N4O3Si. The fourth-order valence-corrected chi connectivity index (χ4v) is 5.03. The first-order chi connectivity index (χ1) is 18.1. The molecule has 1 aromatic carbocycles. The molecule has 2 aromatic heterocycles. The molecule has 0 bridgehead atoms. The lowest BCUT2D eigenvalue weighted by Crippen LogP contribution is -2.34. The third-order valence-corrected chi connectivity index (χ3v) is 8.27. The maximum atomic E-state index is 14.9. The average molecular weight is 638 g/mol. The minimum atomic E-state index is -4.99. The van der Waals surface area contributed by atoms with E-state index in [0.29, 0.717) is 16.7 Å². The molecule has 3 rings (SSSR count). The third kappa shape index (κ3) is 8.21. The Balaban J connectivity index is 1.71. The molecule has 0 radical (unpaired) electrons. The number of aromatic nitrogens is 3. The van der Waals surface area contributed by atoms with Gasteiger partial charge in [0.1, 0.15) is 24.3 Å². The number of nitrogens with one attached hydrogen (secondary N) is 1. The Bertz CT molecular complexity index is 1440. The summed E-state index contributed by atoms with van der Waals surface area (Å²) in [6, 6.07) is 3.96. The van der Waals surface area contributed by atoms with Crippen LogP contribution >= 0.6 is 15.9 Å². The normalized spacial score (nSPS) is 14.0. The van der Waals surface area contributed by atoms with E-state index in [1.165, 1.54) is 19.2 Å². The first-order valence-corrected chi connectivity index (χ1v) is 16.7. The van der Waals surface area contributed by atoms with E-state index in [1.54, 1.807) is 6.07 Å². The maximum Gasteiger partial charge on any atom is 0.423 e. The topological polar surface area (TPSA) is 78.2 Å². The largest absolute Gasteiger partial charge is 0.423 e. The Morgan fingerprint density at radius 3 is 2.51 bits per heavy atom. The highest BCUT2D eigenvalue weighted by atomic mass is 79.9. The van der Waals surface area contributed by atoms with Crippen LogP contribution in [-0.2, 0) is 24.2 Å². The Labute approximate surface area is 231 Å². The molecule has 2 heterocycles. The number of halogens is 6. The fourth-order valence-electron chi connectivity index (χ4n) is 3.91. The average Bonchev–Trinajstić information content (AvgIpc) is 2.79. The van der Waals surface area contributed by atoms with Crippen LogP contribution in [0, 0.1) is 5.82 Å². The van der Waals surface area contributed by atoms with Gasteiger partial charge in [0.05, 0.1) is 28.3 Å². The van der Waals surface area contributed by atoms with Gasteiger partial charge in [0.25, 0.3) is 11.1 Å². The summed E-state index contributed by atoms with van der Waals surface area (Å²) in [6.45, 7) is 7.29. The minimum Gasteiger partial charge on any atom is -0.381 e. The van der Waals surface area contributed by atoms with Crippen molar-refractivity contribution in [2.45, 2.75) is 70.7 Å². The maximum absolute atomic E-state index is 14.9. The number of hydrogen-bond donors (Lipinski definition) is 1. The number of benzene rings is 1.